The van der Waals surface area contributed by atoms with Gasteiger partial charge in [0, 0.05) is 12.1 Å². The first kappa shape index (κ1) is 13.4. The summed E-state index contributed by atoms with van der Waals surface area (Å²) in [5.74, 6) is 0. The van der Waals surface area contributed by atoms with Gasteiger partial charge in [0.25, 0.3) is 0 Å². The first-order chi connectivity index (χ1) is 9.61. The Morgan fingerprint density at radius 1 is 0.950 bits per heavy atom. The molecule has 1 nitrogen and oxygen atoms in total. The number of benzene rings is 2. The van der Waals surface area contributed by atoms with Crippen molar-refractivity contribution in [3.8, 4) is 0 Å². The van der Waals surface area contributed by atoms with Crippen molar-refractivity contribution in [3.63, 3.8) is 0 Å². The van der Waals surface area contributed by atoms with Crippen LogP contribution in [0.5, 0.6) is 0 Å². The fourth-order valence-corrected chi connectivity index (χ4v) is 3.39. The molecule has 0 aliphatic heterocycles. The van der Waals surface area contributed by atoms with Crippen LogP contribution < -0.4 is 5.32 Å². The highest BCUT2D eigenvalue weighted by atomic mass is 14.9. The monoisotopic (exact) mass is 265 g/mol. The second-order valence-corrected chi connectivity index (χ2v) is 6.18. The fourth-order valence-electron chi connectivity index (χ4n) is 3.39. The van der Waals surface area contributed by atoms with Crippen LogP contribution in [0, 0.1) is 13.8 Å². The first-order valence-electron chi connectivity index (χ1n) is 7.53. The normalized spacial score (nSPS) is 16.1. The lowest BCUT2D eigenvalue weighted by molar-refractivity contribution is 0.467. The number of nitrogens with one attached hydrogen (secondary N) is 1. The van der Waals surface area contributed by atoms with Crippen LogP contribution in [-0.4, -0.2) is 6.04 Å². The van der Waals surface area contributed by atoms with E-state index in [0.29, 0.717) is 12.1 Å². The molecule has 1 N–H and O–H groups in total. The summed E-state index contributed by atoms with van der Waals surface area (Å²) < 4.78 is 0. The van der Waals surface area contributed by atoms with Crippen molar-refractivity contribution in [1.29, 1.82) is 0 Å². The maximum Gasteiger partial charge on any atom is 0.0294 e. The summed E-state index contributed by atoms with van der Waals surface area (Å²) in [6, 6.07) is 16.6. The topological polar surface area (TPSA) is 12.0 Å². The van der Waals surface area contributed by atoms with Crippen LogP contribution in [0.3, 0.4) is 0 Å². The number of hydrogen-bond acceptors (Lipinski definition) is 1. The van der Waals surface area contributed by atoms with Crippen LogP contribution in [0.25, 0.3) is 0 Å². The molecule has 2 aromatic rings. The van der Waals surface area contributed by atoms with Gasteiger partial charge in [-0.25, -0.2) is 0 Å². The Bertz CT molecular complexity index is 570. The minimum atomic E-state index is 0.410. The van der Waals surface area contributed by atoms with Gasteiger partial charge in [0.2, 0.25) is 0 Å². The number of hydrogen-bond donors (Lipinski definition) is 1. The van der Waals surface area contributed by atoms with Gasteiger partial charge in [0.05, 0.1) is 0 Å². The zero-order valence-corrected chi connectivity index (χ0v) is 12.6. The smallest absolute Gasteiger partial charge is 0.0294 e. The van der Waals surface area contributed by atoms with Crippen molar-refractivity contribution >= 4 is 0 Å². The van der Waals surface area contributed by atoms with Crippen molar-refractivity contribution in [2.45, 2.75) is 45.7 Å². The van der Waals surface area contributed by atoms with Gasteiger partial charge in [-0.1, -0.05) is 53.6 Å². The third kappa shape index (κ3) is 2.78. The maximum atomic E-state index is 3.80. The molecule has 0 aromatic heterocycles. The minimum absolute atomic E-state index is 0.410. The second kappa shape index (κ2) is 5.41. The van der Waals surface area contributed by atoms with Crippen LogP contribution in [0.1, 0.15) is 40.8 Å². The summed E-state index contributed by atoms with van der Waals surface area (Å²) in [5.41, 5.74) is 7.13. The lowest BCUT2D eigenvalue weighted by atomic mass is 10.0. The molecule has 1 aliphatic carbocycles. The van der Waals surface area contributed by atoms with Crippen LogP contribution in [-0.2, 0) is 12.8 Å². The Kier molecular flexibility index (Phi) is 3.62. The van der Waals surface area contributed by atoms with E-state index in [2.05, 4.69) is 68.6 Å². The van der Waals surface area contributed by atoms with Gasteiger partial charge in [-0.2, -0.15) is 0 Å². The van der Waals surface area contributed by atoms with Crippen LogP contribution in [0.4, 0.5) is 0 Å². The van der Waals surface area contributed by atoms with E-state index in [9.17, 15) is 0 Å². The van der Waals surface area contributed by atoms with E-state index in [0.717, 1.165) is 12.8 Å². The molecule has 0 saturated heterocycles. The quantitative estimate of drug-likeness (QED) is 0.880. The van der Waals surface area contributed by atoms with Gasteiger partial charge in [-0.05, 0) is 50.3 Å². The molecule has 2 aromatic carbocycles. The van der Waals surface area contributed by atoms with E-state index in [-0.39, 0.29) is 0 Å². The summed E-state index contributed by atoms with van der Waals surface area (Å²) in [5, 5.41) is 3.80. The minimum Gasteiger partial charge on any atom is -0.307 e. The van der Waals surface area contributed by atoms with Crippen molar-refractivity contribution in [2.24, 2.45) is 0 Å². The molecule has 1 aliphatic rings. The predicted molar refractivity (Wildman–Crippen MR) is 85.1 cm³/mol. The van der Waals surface area contributed by atoms with Gasteiger partial charge in [0.15, 0.2) is 0 Å². The third-order valence-corrected chi connectivity index (χ3v) is 4.28. The van der Waals surface area contributed by atoms with Crippen molar-refractivity contribution in [2.75, 3.05) is 0 Å². The van der Waals surface area contributed by atoms with Gasteiger partial charge in [0.1, 0.15) is 0 Å². The molecular weight excluding hydrogens is 242 g/mol. The zero-order valence-electron chi connectivity index (χ0n) is 12.6. The number of rotatable bonds is 3. The van der Waals surface area contributed by atoms with Gasteiger partial charge >= 0.3 is 0 Å². The molecule has 20 heavy (non-hydrogen) atoms. The highest BCUT2D eigenvalue weighted by Crippen LogP contribution is 2.24. The molecule has 1 heteroatoms. The third-order valence-electron chi connectivity index (χ3n) is 4.28. The van der Waals surface area contributed by atoms with Crippen molar-refractivity contribution in [1.82, 2.24) is 5.32 Å². The van der Waals surface area contributed by atoms with E-state index in [4.69, 9.17) is 0 Å². The average Bonchev–Trinajstić information content (AvgIpc) is 2.79. The molecule has 0 radical (unpaired) electrons. The predicted octanol–water partition coefficient (Wildman–Crippen LogP) is 4.12. The largest absolute Gasteiger partial charge is 0.307 e. The van der Waals surface area contributed by atoms with E-state index < -0.39 is 0 Å². The lowest BCUT2D eigenvalue weighted by Gasteiger charge is -2.20. The molecule has 0 bridgehead atoms. The van der Waals surface area contributed by atoms with Crippen molar-refractivity contribution in [3.05, 3.63) is 70.3 Å². The number of aryl methyl sites for hydroxylation is 2. The average molecular weight is 265 g/mol. The summed E-state index contributed by atoms with van der Waals surface area (Å²) in [7, 11) is 0. The summed E-state index contributed by atoms with van der Waals surface area (Å²) in [4.78, 5) is 0. The lowest BCUT2D eigenvalue weighted by Crippen LogP contribution is -2.32. The molecule has 3 rings (SSSR count). The molecule has 0 fully saturated rings. The standard InChI is InChI=1S/C19H23N/c1-13-8-14(2)10-18(9-13)15(3)20-19-11-16-6-4-5-7-17(16)12-19/h4-10,15,19-20H,11-12H2,1-3H3. The molecule has 1 atom stereocenters. The van der Waals surface area contributed by atoms with Gasteiger partial charge < -0.3 is 5.32 Å². The summed E-state index contributed by atoms with van der Waals surface area (Å²) in [6.45, 7) is 6.63. The fraction of sp³-hybridized carbons (Fsp3) is 0.368. The van der Waals surface area contributed by atoms with Gasteiger partial charge in [-0.3, -0.25) is 0 Å². The second-order valence-electron chi connectivity index (χ2n) is 6.18. The highest BCUT2D eigenvalue weighted by molar-refractivity contribution is 5.34. The molecule has 0 amide bonds. The Morgan fingerprint density at radius 3 is 2.05 bits per heavy atom. The first-order valence-corrected chi connectivity index (χ1v) is 7.53. The Balaban J connectivity index is 1.70. The van der Waals surface area contributed by atoms with Crippen LogP contribution in [0.15, 0.2) is 42.5 Å². The van der Waals surface area contributed by atoms with Crippen LogP contribution >= 0.6 is 0 Å². The SMILES string of the molecule is Cc1cc(C)cc(C(C)NC2Cc3ccccc3C2)c1. The van der Waals surface area contributed by atoms with E-state index in [1.54, 1.807) is 0 Å². The Morgan fingerprint density at radius 2 is 1.50 bits per heavy atom. The molecule has 104 valence electrons. The maximum absolute atomic E-state index is 3.80. The molecular formula is C19H23N. The molecule has 0 heterocycles. The van der Waals surface area contributed by atoms with E-state index in [1.165, 1.54) is 27.8 Å². The van der Waals surface area contributed by atoms with Gasteiger partial charge in [-0.15, -0.1) is 0 Å². The summed E-state index contributed by atoms with van der Waals surface area (Å²) >= 11 is 0. The number of fused-ring (bicyclic) bond motifs is 1. The summed E-state index contributed by atoms with van der Waals surface area (Å²) in [6.07, 6.45) is 2.32. The van der Waals surface area contributed by atoms with E-state index >= 15 is 0 Å². The van der Waals surface area contributed by atoms with Crippen molar-refractivity contribution < 1.29 is 0 Å². The highest BCUT2D eigenvalue weighted by Gasteiger charge is 2.22. The van der Waals surface area contributed by atoms with E-state index in [1.807, 2.05) is 0 Å². The van der Waals surface area contributed by atoms with Crippen LogP contribution in [0.2, 0.25) is 0 Å². The Labute approximate surface area is 122 Å². The molecule has 1 unspecified atom stereocenters. The zero-order chi connectivity index (χ0) is 14.1. The molecule has 0 saturated carbocycles. The molecule has 0 spiro atoms. The Hall–Kier alpha value is -1.60.